The minimum Gasteiger partial charge on any atom is -0.508 e. The third-order valence-corrected chi connectivity index (χ3v) is 5.73. The third-order valence-electron chi connectivity index (χ3n) is 4.75. The lowest BCUT2D eigenvalue weighted by atomic mass is 9.87. The summed E-state index contributed by atoms with van der Waals surface area (Å²) in [6, 6.07) is 8.71. The molecule has 2 N–H and O–H groups in total. The van der Waals surface area contributed by atoms with E-state index in [1.54, 1.807) is 29.7 Å². The Morgan fingerprint density at radius 1 is 1.11 bits per heavy atom. The molecule has 4 rings (SSSR count). The number of hydrogen-bond donors (Lipinski definition) is 2. The van der Waals surface area contributed by atoms with E-state index in [-0.39, 0.29) is 11.3 Å². The molecule has 3 nitrogen and oxygen atoms in total. The van der Waals surface area contributed by atoms with Crippen LogP contribution in [0.15, 0.2) is 35.7 Å². The van der Waals surface area contributed by atoms with Crippen LogP contribution in [0.1, 0.15) is 38.6 Å². The predicted molar refractivity (Wildman–Crippen MR) is 99.6 cm³/mol. The minimum absolute atomic E-state index is 0.0164. The van der Waals surface area contributed by atoms with Gasteiger partial charge in [-0.25, -0.2) is 8.78 Å². The van der Waals surface area contributed by atoms with Crippen molar-refractivity contribution in [3.05, 3.63) is 80.0 Å². The lowest BCUT2D eigenvalue weighted by Crippen LogP contribution is -2.03. The van der Waals surface area contributed by atoms with Crippen molar-refractivity contribution in [3.8, 4) is 17.6 Å². The summed E-state index contributed by atoms with van der Waals surface area (Å²) in [6.07, 6.45) is 1.75. The highest BCUT2D eigenvalue weighted by Gasteiger charge is 2.33. The molecule has 27 heavy (non-hydrogen) atoms. The molecule has 0 fully saturated rings. The molecule has 1 aliphatic rings. The van der Waals surface area contributed by atoms with Crippen LogP contribution in [0, 0.1) is 29.9 Å². The van der Waals surface area contributed by atoms with Crippen molar-refractivity contribution in [2.75, 3.05) is 0 Å². The van der Waals surface area contributed by atoms with E-state index in [1.165, 1.54) is 11.3 Å². The SMILES string of the molecule is Cc1cc(O)cc2c1C=C(c1cc(F)c(O)cc1F)C2c1sccc1C#N. The number of benzene rings is 2. The van der Waals surface area contributed by atoms with Crippen LogP contribution in [-0.4, -0.2) is 10.2 Å². The molecule has 0 bridgehead atoms. The normalized spacial score (nSPS) is 15.3. The van der Waals surface area contributed by atoms with Crippen LogP contribution < -0.4 is 0 Å². The van der Waals surface area contributed by atoms with E-state index >= 15 is 0 Å². The molecule has 3 aromatic rings. The van der Waals surface area contributed by atoms with Crippen LogP contribution in [0.4, 0.5) is 8.78 Å². The monoisotopic (exact) mass is 381 g/mol. The van der Waals surface area contributed by atoms with Gasteiger partial charge < -0.3 is 10.2 Å². The van der Waals surface area contributed by atoms with Gasteiger partial charge in [0.1, 0.15) is 17.6 Å². The zero-order valence-corrected chi connectivity index (χ0v) is 14.9. The molecular weight excluding hydrogens is 368 g/mol. The summed E-state index contributed by atoms with van der Waals surface area (Å²) in [7, 11) is 0. The first-order valence-corrected chi connectivity index (χ1v) is 8.99. The van der Waals surface area contributed by atoms with E-state index in [9.17, 15) is 24.3 Å². The van der Waals surface area contributed by atoms with Crippen molar-refractivity contribution in [1.29, 1.82) is 5.26 Å². The van der Waals surface area contributed by atoms with Gasteiger partial charge in [-0.2, -0.15) is 5.26 Å². The summed E-state index contributed by atoms with van der Waals surface area (Å²) < 4.78 is 28.6. The van der Waals surface area contributed by atoms with E-state index in [2.05, 4.69) is 6.07 Å². The van der Waals surface area contributed by atoms with E-state index in [0.717, 1.165) is 28.8 Å². The lowest BCUT2D eigenvalue weighted by molar-refractivity contribution is 0.426. The molecule has 0 saturated carbocycles. The molecule has 2 aromatic carbocycles. The molecule has 0 spiro atoms. The molecular formula is C21H13F2NO2S. The first-order valence-electron chi connectivity index (χ1n) is 8.11. The van der Waals surface area contributed by atoms with Crippen LogP contribution in [0.25, 0.3) is 11.6 Å². The maximum absolute atomic E-state index is 14.6. The number of rotatable bonds is 2. The van der Waals surface area contributed by atoms with E-state index in [4.69, 9.17) is 0 Å². The van der Waals surface area contributed by atoms with Gasteiger partial charge in [0.05, 0.1) is 5.56 Å². The number of phenolic OH excluding ortho intramolecular Hbond substituents is 2. The van der Waals surface area contributed by atoms with Gasteiger partial charge in [-0.05, 0) is 64.9 Å². The molecule has 1 unspecified atom stereocenters. The summed E-state index contributed by atoms with van der Waals surface area (Å²) in [5, 5.41) is 30.7. The molecule has 1 aromatic heterocycles. The highest BCUT2D eigenvalue weighted by Crippen LogP contribution is 2.50. The highest BCUT2D eigenvalue weighted by atomic mass is 32.1. The fraction of sp³-hybridized carbons (Fsp3) is 0.0952. The number of nitriles is 1. The molecule has 1 heterocycles. The number of halogens is 2. The summed E-state index contributed by atoms with van der Waals surface area (Å²) in [5.74, 6) is -2.88. The Hall–Kier alpha value is -3.17. The quantitative estimate of drug-likeness (QED) is 0.633. The summed E-state index contributed by atoms with van der Waals surface area (Å²) >= 11 is 1.35. The maximum Gasteiger partial charge on any atom is 0.165 e. The van der Waals surface area contributed by atoms with E-state index in [0.29, 0.717) is 16.0 Å². The standard InChI is InChI=1S/C21H13F2NO2S/c1-10-4-12(25)5-15-13(10)6-16(14-7-18(23)19(26)8-17(14)22)20(15)21-11(9-24)2-3-27-21/h2-8,20,25-26H,1H3. The van der Waals surface area contributed by atoms with Crippen LogP contribution in [0.2, 0.25) is 0 Å². The number of allylic oxidation sites excluding steroid dienone is 1. The van der Waals surface area contributed by atoms with Gasteiger partial charge in [0, 0.05) is 22.4 Å². The van der Waals surface area contributed by atoms with Gasteiger partial charge in [-0.15, -0.1) is 11.3 Å². The second kappa shape index (κ2) is 6.22. The highest BCUT2D eigenvalue weighted by molar-refractivity contribution is 7.10. The molecule has 0 amide bonds. The van der Waals surface area contributed by atoms with Crippen molar-refractivity contribution >= 4 is 23.0 Å². The molecule has 134 valence electrons. The smallest absolute Gasteiger partial charge is 0.165 e. The lowest BCUT2D eigenvalue weighted by Gasteiger charge is -2.18. The minimum atomic E-state index is -0.923. The molecule has 0 aliphatic heterocycles. The van der Waals surface area contributed by atoms with Gasteiger partial charge >= 0.3 is 0 Å². The van der Waals surface area contributed by atoms with Crippen molar-refractivity contribution in [2.24, 2.45) is 0 Å². The number of aryl methyl sites for hydroxylation is 1. The Kier molecular flexibility index (Phi) is 3.97. The van der Waals surface area contributed by atoms with Crippen molar-refractivity contribution in [1.82, 2.24) is 0 Å². The topological polar surface area (TPSA) is 64.2 Å². The number of phenols is 2. The maximum atomic E-state index is 14.6. The molecule has 1 atom stereocenters. The van der Waals surface area contributed by atoms with E-state index in [1.807, 2.05) is 6.92 Å². The van der Waals surface area contributed by atoms with Gasteiger partial charge in [-0.3, -0.25) is 0 Å². The Morgan fingerprint density at radius 3 is 2.63 bits per heavy atom. The predicted octanol–water partition coefficient (Wildman–Crippen LogP) is 5.30. The number of fused-ring (bicyclic) bond motifs is 1. The van der Waals surface area contributed by atoms with Crippen LogP contribution in [0.5, 0.6) is 11.5 Å². The Morgan fingerprint density at radius 2 is 1.89 bits per heavy atom. The molecule has 0 saturated heterocycles. The van der Waals surface area contributed by atoms with Crippen LogP contribution in [-0.2, 0) is 0 Å². The first kappa shape index (κ1) is 17.3. The summed E-state index contributed by atoms with van der Waals surface area (Å²) in [5.41, 5.74) is 3.27. The summed E-state index contributed by atoms with van der Waals surface area (Å²) in [4.78, 5) is 0.695. The van der Waals surface area contributed by atoms with Crippen molar-refractivity contribution < 1.29 is 19.0 Å². The zero-order valence-electron chi connectivity index (χ0n) is 14.1. The van der Waals surface area contributed by atoms with Crippen molar-refractivity contribution in [3.63, 3.8) is 0 Å². The zero-order chi connectivity index (χ0) is 19.3. The number of aromatic hydroxyl groups is 2. The largest absolute Gasteiger partial charge is 0.508 e. The first-order chi connectivity index (χ1) is 12.9. The fourth-order valence-corrected chi connectivity index (χ4v) is 4.54. The number of nitrogens with zero attached hydrogens (tertiary/aromatic N) is 1. The molecule has 1 aliphatic carbocycles. The second-order valence-corrected chi connectivity index (χ2v) is 7.34. The Bertz CT molecular complexity index is 1160. The average molecular weight is 381 g/mol. The van der Waals surface area contributed by atoms with Crippen LogP contribution in [0.3, 0.4) is 0 Å². The number of hydrogen-bond acceptors (Lipinski definition) is 4. The second-order valence-electron chi connectivity index (χ2n) is 6.39. The molecule has 6 heteroatoms. The Balaban J connectivity index is 2.01. The van der Waals surface area contributed by atoms with E-state index < -0.39 is 23.3 Å². The third kappa shape index (κ3) is 2.68. The van der Waals surface area contributed by atoms with Gasteiger partial charge in [0.15, 0.2) is 11.6 Å². The van der Waals surface area contributed by atoms with Crippen molar-refractivity contribution in [2.45, 2.75) is 12.8 Å². The number of thiophene rings is 1. The molecule has 0 radical (unpaired) electrons. The Labute approximate surface area is 158 Å². The van der Waals surface area contributed by atoms with Gasteiger partial charge in [0.25, 0.3) is 0 Å². The van der Waals surface area contributed by atoms with Crippen LogP contribution >= 0.6 is 11.3 Å². The van der Waals surface area contributed by atoms with Gasteiger partial charge in [0.2, 0.25) is 0 Å². The summed E-state index contributed by atoms with van der Waals surface area (Å²) in [6.45, 7) is 1.82. The van der Waals surface area contributed by atoms with Gasteiger partial charge in [-0.1, -0.05) is 0 Å². The average Bonchev–Trinajstić information content (AvgIpc) is 3.21. The fourth-order valence-electron chi connectivity index (χ4n) is 3.56.